The molecule has 1 saturated carbocycles. The predicted octanol–water partition coefficient (Wildman–Crippen LogP) is 3.44. The Morgan fingerprint density at radius 1 is 1.24 bits per heavy atom. The van der Waals surface area contributed by atoms with Gasteiger partial charge in [0.15, 0.2) is 0 Å². The Labute approximate surface area is 132 Å². The highest BCUT2D eigenvalue weighted by atomic mass is 35.5. The molecule has 0 aromatic heterocycles. The number of benzene rings is 1. The van der Waals surface area contributed by atoms with Crippen molar-refractivity contribution in [3.05, 3.63) is 23.8 Å². The van der Waals surface area contributed by atoms with E-state index < -0.39 is 0 Å². The lowest BCUT2D eigenvalue weighted by Crippen LogP contribution is -2.50. The standard InChI is InChI=1S/C17H24ClNO2/c1-19-10-9-17(8-4-5-14(18)16(17)19)13-11-12(20-2)6-7-15(13)21-3/h6-7,11,14,16H,4-5,8-10H2,1-3H3/t14-,16+,17+/m1/s1. The van der Waals surface area contributed by atoms with Gasteiger partial charge in [-0.1, -0.05) is 6.42 Å². The predicted molar refractivity (Wildman–Crippen MR) is 85.8 cm³/mol. The molecule has 1 aliphatic heterocycles. The minimum Gasteiger partial charge on any atom is -0.497 e. The van der Waals surface area contributed by atoms with Gasteiger partial charge in [-0.2, -0.15) is 0 Å². The summed E-state index contributed by atoms with van der Waals surface area (Å²) in [6, 6.07) is 6.53. The fourth-order valence-electron chi connectivity index (χ4n) is 4.38. The maximum atomic E-state index is 6.71. The number of methoxy groups -OCH3 is 2. The van der Waals surface area contributed by atoms with Crippen molar-refractivity contribution in [3.8, 4) is 11.5 Å². The first-order chi connectivity index (χ1) is 10.1. The van der Waals surface area contributed by atoms with Crippen molar-refractivity contribution < 1.29 is 9.47 Å². The van der Waals surface area contributed by atoms with Crippen LogP contribution in [-0.4, -0.2) is 44.1 Å². The van der Waals surface area contributed by atoms with E-state index in [0.717, 1.165) is 30.9 Å². The smallest absolute Gasteiger partial charge is 0.122 e. The SMILES string of the molecule is COc1ccc(OC)c([C@@]23CCC[C@@H](Cl)[C@@H]2N(C)CC3)c1. The van der Waals surface area contributed by atoms with Gasteiger partial charge in [0, 0.05) is 22.4 Å². The molecule has 3 atom stereocenters. The van der Waals surface area contributed by atoms with Gasteiger partial charge < -0.3 is 14.4 Å². The summed E-state index contributed by atoms with van der Waals surface area (Å²) in [5.74, 6) is 1.85. The van der Waals surface area contributed by atoms with Crippen LogP contribution in [0.1, 0.15) is 31.2 Å². The molecule has 1 aromatic rings. The first-order valence-corrected chi connectivity index (χ1v) is 8.13. The number of fused-ring (bicyclic) bond motifs is 1. The molecule has 2 fully saturated rings. The summed E-state index contributed by atoms with van der Waals surface area (Å²) in [6.45, 7) is 1.09. The van der Waals surface area contributed by atoms with Crippen LogP contribution >= 0.6 is 11.6 Å². The lowest BCUT2D eigenvalue weighted by molar-refractivity contribution is 0.183. The molecular weight excluding hydrogens is 286 g/mol. The summed E-state index contributed by atoms with van der Waals surface area (Å²) in [7, 11) is 5.66. The summed E-state index contributed by atoms with van der Waals surface area (Å²) in [5, 5.41) is 0.210. The molecule has 1 aliphatic carbocycles. The normalized spacial score (nSPS) is 32.8. The molecule has 1 saturated heterocycles. The molecular formula is C17H24ClNO2. The number of rotatable bonds is 3. The quantitative estimate of drug-likeness (QED) is 0.798. The average Bonchev–Trinajstić information content (AvgIpc) is 2.86. The first kappa shape index (κ1) is 15.0. The molecule has 3 rings (SSSR count). The van der Waals surface area contributed by atoms with E-state index in [4.69, 9.17) is 21.1 Å². The lowest BCUT2D eigenvalue weighted by atomic mass is 9.65. The van der Waals surface area contributed by atoms with Crippen LogP contribution in [-0.2, 0) is 5.41 Å². The average molecular weight is 310 g/mol. The Morgan fingerprint density at radius 2 is 2.05 bits per heavy atom. The van der Waals surface area contributed by atoms with Gasteiger partial charge in [-0.3, -0.25) is 0 Å². The highest BCUT2D eigenvalue weighted by Crippen LogP contribution is 2.52. The number of halogens is 1. The van der Waals surface area contributed by atoms with Gasteiger partial charge in [-0.25, -0.2) is 0 Å². The highest BCUT2D eigenvalue weighted by Gasteiger charge is 2.53. The van der Waals surface area contributed by atoms with Crippen LogP contribution in [0.5, 0.6) is 11.5 Å². The van der Waals surface area contributed by atoms with E-state index in [-0.39, 0.29) is 10.8 Å². The van der Waals surface area contributed by atoms with Crippen molar-refractivity contribution in [2.24, 2.45) is 0 Å². The van der Waals surface area contributed by atoms with E-state index in [1.54, 1.807) is 14.2 Å². The number of hydrogen-bond donors (Lipinski definition) is 0. The number of alkyl halides is 1. The molecule has 116 valence electrons. The van der Waals surface area contributed by atoms with Crippen molar-refractivity contribution in [1.29, 1.82) is 0 Å². The maximum Gasteiger partial charge on any atom is 0.122 e. The molecule has 1 heterocycles. The van der Waals surface area contributed by atoms with E-state index in [1.165, 1.54) is 18.4 Å². The Balaban J connectivity index is 2.12. The van der Waals surface area contributed by atoms with Gasteiger partial charge >= 0.3 is 0 Å². The van der Waals surface area contributed by atoms with Crippen LogP contribution in [0.2, 0.25) is 0 Å². The van der Waals surface area contributed by atoms with Crippen LogP contribution in [0.25, 0.3) is 0 Å². The van der Waals surface area contributed by atoms with Gasteiger partial charge in [0.05, 0.1) is 14.2 Å². The zero-order chi connectivity index (χ0) is 15.0. The maximum absolute atomic E-state index is 6.71. The minimum atomic E-state index is 0.0965. The van der Waals surface area contributed by atoms with Crippen LogP contribution < -0.4 is 9.47 Å². The topological polar surface area (TPSA) is 21.7 Å². The molecule has 0 unspecified atom stereocenters. The first-order valence-electron chi connectivity index (χ1n) is 7.69. The fraction of sp³-hybridized carbons (Fsp3) is 0.647. The summed E-state index contributed by atoms with van der Waals surface area (Å²) < 4.78 is 11.1. The van der Waals surface area contributed by atoms with Crippen molar-refractivity contribution in [1.82, 2.24) is 4.90 Å². The van der Waals surface area contributed by atoms with E-state index in [0.29, 0.717) is 6.04 Å². The third kappa shape index (κ3) is 2.31. The van der Waals surface area contributed by atoms with Crippen LogP contribution in [0.3, 0.4) is 0 Å². The summed E-state index contributed by atoms with van der Waals surface area (Å²) in [4.78, 5) is 2.43. The van der Waals surface area contributed by atoms with Crippen molar-refractivity contribution in [2.75, 3.05) is 27.8 Å². The van der Waals surface area contributed by atoms with Gasteiger partial charge in [0.1, 0.15) is 11.5 Å². The van der Waals surface area contributed by atoms with Crippen molar-refractivity contribution >= 4 is 11.6 Å². The zero-order valence-corrected chi connectivity index (χ0v) is 13.8. The van der Waals surface area contributed by atoms with Crippen LogP contribution in [0, 0.1) is 0 Å². The molecule has 0 radical (unpaired) electrons. The molecule has 0 spiro atoms. The van der Waals surface area contributed by atoms with Crippen molar-refractivity contribution in [2.45, 2.75) is 42.5 Å². The zero-order valence-electron chi connectivity index (χ0n) is 13.1. The molecule has 21 heavy (non-hydrogen) atoms. The monoisotopic (exact) mass is 309 g/mol. The molecule has 2 aliphatic rings. The fourth-order valence-corrected chi connectivity index (χ4v) is 4.97. The second-order valence-corrected chi connectivity index (χ2v) is 6.87. The number of likely N-dealkylation sites (tertiary alicyclic amines) is 1. The number of hydrogen-bond acceptors (Lipinski definition) is 3. The largest absolute Gasteiger partial charge is 0.497 e. The Kier molecular flexibility index (Phi) is 4.06. The molecule has 0 bridgehead atoms. The Morgan fingerprint density at radius 3 is 2.76 bits per heavy atom. The second kappa shape index (κ2) is 5.69. The van der Waals surface area contributed by atoms with E-state index in [2.05, 4.69) is 18.0 Å². The molecule has 3 nitrogen and oxygen atoms in total. The van der Waals surface area contributed by atoms with E-state index in [9.17, 15) is 0 Å². The molecule has 0 amide bonds. The Bertz CT molecular complexity index is 518. The second-order valence-electron chi connectivity index (χ2n) is 6.31. The van der Waals surface area contributed by atoms with Gasteiger partial charge in [-0.05, 0) is 51.1 Å². The summed E-state index contributed by atoms with van der Waals surface area (Å²) in [6.07, 6.45) is 4.60. The number of likely N-dealkylation sites (N-methyl/N-ethyl adjacent to an activating group) is 1. The third-order valence-electron chi connectivity index (χ3n) is 5.34. The Hall–Kier alpha value is -0.930. The summed E-state index contributed by atoms with van der Waals surface area (Å²) >= 11 is 6.71. The van der Waals surface area contributed by atoms with Gasteiger partial charge in [-0.15, -0.1) is 11.6 Å². The van der Waals surface area contributed by atoms with E-state index >= 15 is 0 Å². The van der Waals surface area contributed by atoms with Gasteiger partial charge in [0.25, 0.3) is 0 Å². The minimum absolute atomic E-state index is 0.0965. The summed E-state index contributed by atoms with van der Waals surface area (Å²) in [5.41, 5.74) is 1.36. The molecule has 0 N–H and O–H groups in total. The van der Waals surface area contributed by atoms with Crippen LogP contribution in [0.15, 0.2) is 18.2 Å². The third-order valence-corrected chi connectivity index (χ3v) is 5.80. The number of nitrogens with zero attached hydrogens (tertiary/aromatic N) is 1. The lowest BCUT2D eigenvalue weighted by Gasteiger charge is -2.44. The van der Waals surface area contributed by atoms with Gasteiger partial charge in [0.2, 0.25) is 0 Å². The van der Waals surface area contributed by atoms with Crippen LogP contribution in [0.4, 0.5) is 0 Å². The highest BCUT2D eigenvalue weighted by molar-refractivity contribution is 6.21. The van der Waals surface area contributed by atoms with E-state index in [1.807, 2.05) is 12.1 Å². The molecule has 1 aromatic carbocycles. The number of ether oxygens (including phenoxy) is 2. The molecule has 4 heteroatoms. The van der Waals surface area contributed by atoms with Crippen molar-refractivity contribution in [3.63, 3.8) is 0 Å².